The molecule has 0 saturated heterocycles. The number of alkyl halides is 3. The minimum absolute atomic E-state index is 0.0498. The van der Waals surface area contributed by atoms with Gasteiger partial charge in [0.2, 0.25) is 0 Å². The number of benzene rings is 2. The molecule has 1 atom stereocenters. The molecule has 1 saturated carbocycles. The van der Waals surface area contributed by atoms with Crippen molar-refractivity contribution in [3.8, 4) is 17.2 Å². The number of halogens is 4. The monoisotopic (exact) mass is 644 g/mol. The third-order valence-electron chi connectivity index (χ3n) is 8.31. The molecule has 46 heavy (non-hydrogen) atoms. The zero-order valence-corrected chi connectivity index (χ0v) is 26.5. The van der Waals surface area contributed by atoms with E-state index in [4.69, 9.17) is 11.6 Å². The first kappa shape index (κ1) is 31.3. The molecule has 0 radical (unpaired) electrons. The van der Waals surface area contributed by atoms with E-state index in [1.54, 1.807) is 18.5 Å². The van der Waals surface area contributed by atoms with Crippen LogP contribution in [0.5, 0.6) is 0 Å². The van der Waals surface area contributed by atoms with Crippen LogP contribution in [-0.2, 0) is 5.54 Å². The molecule has 1 aliphatic carbocycles. The second kappa shape index (κ2) is 11.6. The van der Waals surface area contributed by atoms with Crippen molar-refractivity contribution < 1.29 is 13.2 Å². The van der Waals surface area contributed by atoms with Crippen molar-refractivity contribution in [3.05, 3.63) is 94.7 Å². The van der Waals surface area contributed by atoms with E-state index in [1.807, 2.05) is 43.3 Å². The molecule has 0 amide bonds. The van der Waals surface area contributed by atoms with Crippen LogP contribution >= 0.6 is 11.6 Å². The second-order valence-electron chi connectivity index (χ2n) is 12.9. The third-order valence-corrected chi connectivity index (χ3v) is 8.60. The number of fused-ring (bicyclic) bond motifs is 1. The predicted octanol–water partition coefficient (Wildman–Crippen LogP) is 8.43. The Labute approximate surface area is 269 Å². The van der Waals surface area contributed by atoms with Crippen LogP contribution in [-0.4, -0.2) is 37.7 Å². The first-order chi connectivity index (χ1) is 21.8. The number of pyridine rings is 2. The summed E-state index contributed by atoms with van der Waals surface area (Å²) in [5.41, 5.74) is 3.74. The fourth-order valence-corrected chi connectivity index (χ4v) is 5.90. The highest BCUT2D eigenvalue weighted by atomic mass is 35.5. The highest BCUT2D eigenvalue weighted by Crippen LogP contribution is 2.55. The normalized spacial score (nSPS) is 14.9. The SMILES string of the molecule is Cc1c(-c2cccnc2)cccc1C(Nc1cc(Cl)c2ncc(C#N)c(NCC(C)(C)C)c2c1)c1cn(C2(C(F)(F)F)CC2)nn1. The van der Waals surface area contributed by atoms with E-state index >= 15 is 0 Å². The molecule has 0 spiro atoms. The number of hydrogen-bond acceptors (Lipinski definition) is 7. The van der Waals surface area contributed by atoms with Crippen molar-refractivity contribution in [2.75, 3.05) is 17.2 Å². The summed E-state index contributed by atoms with van der Waals surface area (Å²) in [4.78, 5) is 8.71. The van der Waals surface area contributed by atoms with Gasteiger partial charge in [-0.1, -0.05) is 61.9 Å². The van der Waals surface area contributed by atoms with Crippen molar-refractivity contribution in [1.29, 1.82) is 5.26 Å². The maximum absolute atomic E-state index is 14.0. The molecular weight excluding hydrogens is 613 g/mol. The fourth-order valence-electron chi connectivity index (χ4n) is 5.63. The molecule has 0 aliphatic heterocycles. The number of rotatable bonds is 8. The van der Waals surface area contributed by atoms with Crippen LogP contribution in [0.1, 0.15) is 62.0 Å². The van der Waals surface area contributed by atoms with Crippen LogP contribution in [0.4, 0.5) is 24.5 Å². The first-order valence-electron chi connectivity index (χ1n) is 14.8. The summed E-state index contributed by atoms with van der Waals surface area (Å²) in [5.74, 6) is 0. The van der Waals surface area contributed by atoms with E-state index in [1.165, 1.54) is 12.4 Å². The number of hydrogen-bond donors (Lipinski definition) is 2. The Bertz CT molecular complexity index is 1950. The molecule has 0 bridgehead atoms. The first-order valence-corrected chi connectivity index (χ1v) is 15.2. The quantitative estimate of drug-likeness (QED) is 0.175. The zero-order valence-electron chi connectivity index (χ0n) is 25.7. The van der Waals surface area contributed by atoms with Crippen LogP contribution in [0, 0.1) is 23.7 Å². The van der Waals surface area contributed by atoms with Crippen molar-refractivity contribution in [2.24, 2.45) is 5.41 Å². The van der Waals surface area contributed by atoms with Gasteiger partial charge in [0.15, 0.2) is 5.54 Å². The van der Waals surface area contributed by atoms with Gasteiger partial charge in [0, 0.05) is 41.8 Å². The number of nitrogens with zero attached hydrogens (tertiary/aromatic N) is 6. The molecule has 5 aromatic rings. The smallest absolute Gasteiger partial charge is 0.383 e. The molecule has 2 N–H and O–H groups in total. The van der Waals surface area contributed by atoms with Gasteiger partial charge in [0.05, 0.1) is 34.0 Å². The lowest BCUT2D eigenvalue weighted by atomic mass is 9.92. The van der Waals surface area contributed by atoms with E-state index in [9.17, 15) is 18.4 Å². The van der Waals surface area contributed by atoms with Crippen LogP contribution in [0.25, 0.3) is 22.0 Å². The summed E-state index contributed by atoms with van der Waals surface area (Å²) in [5, 5.41) is 26.0. The molecule has 2 aromatic carbocycles. The Kier molecular flexibility index (Phi) is 7.89. The average Bonchev–Trinajstić information content (AvgIpc) is 3.70. The summed E-state index contributed by atoms with van der Waals surface area (Å²) in [6.45, 7) is 8.79. The molecule has 3 aromatic heterocycles. The Hall–Kier alpha value is -4.69. The Morgan fingerprint density at radius 2 is 1.89 bits per heavy atom. The number of aromatic nitrogens is 5. The highest BCUT2D eigenvalue weighted by Gasteiger charge is 2.66. The summed E-state index contributed by atoms with van der Waals surface area (Å²) >= 11 is 6.78. The fraction of sp³-hybridized carbons (Fsp3) is 0.324. The Morgan fingerprint density at radius 1 is 1.11 bits per heavy atom. The summed E-state index contributed by atoms with van der Waals surface area (Å²) < 4.78 is 43.1. The van der Waals surface area contributed by atoms with E-state index in [-0.39, 0.29) is 18.3 Å². The molecular formula is C34H32ClF3N8. The number of nitriles is 1. The maximum Gasteiger partial charge on any atom is 0.413 e. The molecule has 12 heteroatoms. The molecule has 1 fully saturated rings. The molecule has 3 heterocycles. The van der Waals surface area contributed by atoms with E-state index in [0.29, 0.717) is 45.1 Å². The van der Waals surface area contributed by atoms with Gasteiger partial charge in [0.1, 0.15) is 11.8 Å². The van der Waals surface area contributed by atoms with Gasteiger partial charge in [-0.15, -0.1) is 5.10 Å². The standard InChI is InChI=1S/C34H32ClF3N8/c1-20-24(21-7-6-12-40-16-21)8-5-9-25(20)31(28-18-46(45-44-28)33(10-11-33)34(36,37)38)43-23-13-26-29(42-19-32(2,3)4)22(15-39)17-41-30(26)27(35)14-23/h5-9,12-14,16-18,31,43H,10-11,19H2,1-4H3,(H,41,42). The van der Waals surface area contributed by atoms with Gasteiger partial charge in [-0.25, -0.2) is 4.68 Å². The lowest BCUT2D eigenvalue weighted by Crippen LogP contribution is -2.35. The van der Waals surface area contributed by atoms with Crippen molar-refractivity contribution in [1.82, 2.24) is 25.0 Å². The van der Waals surface area contributed by atoms with Gasteiger partial charge in [-0.2, -0.15) is 18.4 Å². The summed E-state index contributed by atoms with van der Waals surface area (Å²) in [7, 11) is 0. The van der Waals surface area contributed by atoms with Gasteiger partial charge >= 0.3 is 6.18 Å². The Morgan fingerprint density at radius 3 is 2.54 bits per heavy atom. The molecule has 1 aliphatic rings. The molecule has 6 rings (SSSR count). The molecule has 1 unspecified atom stereocenters. The zero-order chi connectivity index (χ0) is 32.9. The van der Waals surface area contributed by atoms with Crippen LogP contribution in [0.15, 0.2) is 67.3 Å². The molecule has 236 valence electrons. The van der Waals surface area contributed by atoms with Gasteiger partial charge < -0.3 is 10.6 Å². The van der Waals surface area contributed by atoms with Crippen molar-refractivity contribution in [3.63, 3.8) is 0 Å². The maximum atomic E-state index is 14.0. The number of nitrogens with one attached hydrogen (secondary N) is 2. The molecule has 8 nitrogen and oxygen atoms in total. The van der Waals surface area contributed by atoms with Crippen molar-refractivity contribution >= 4 is 33.9 Å². The summed E-state index contributed by atoms with van der Waals surface area (Å²) in [6, 6.07) is 14.6. The Balaban J connectivity index is 1.49. The lowest BCUT2D eigenvalue weighted by molar-refractivity contribution is -0.182. The average molecular weight is 645 g/mol. The van der Waals surface area contributed by atoms with Gasteiger partial charge in [-0.3, -0.25) is 9.97 Å². The van der Waals surface area contributed by atoms with E-state index < -0.39 is 17.8 Å². The van der Waals surface area contributed by atoms with Crippen LogP contribution < -0.4 is 10.6 Å². The van der Waals surface area contributed by atoms with Crippen molar-refractivity contribution in [2.45, 2.75) is 58.3 Å². The van der Waals surface area contributed by atoms with Gasteiger partial charge in [0.25, 0.3) is 0 Å². The van der Waals surface area contributed by atoms with Gasteiger partial charge in [-0.05, 0) is 60.1 Å². The lowest BCUT2D eigenvalue weighted by Gasteiger charge is -2.24. The largest absolute Gasteiger partial charge is 0.413 e. The van der Waals surface area contributed by atoms with E-state index in [0.717, 1.165) is 26.9 Å². The van der Waals surface area contributed by atoms with Crippen LogP contribution in [0.2, 0.25) is 5.02 Å². The second-order valence-corrected chi connectivity index (χ2v) is 13.3. The minimum atomic E-state index is -4.45. The van der Waals surface area contributed by atoms with Crippen LogP contribution in [0.3, 0.4) is 0 Å². The third kappa shape index (κ3) is 5.85. The summed E-state index contributed by atoms with van der Waals surface area (Å²) in [6.07, 6.45) is 1.78. The topological polar surface area (TPSA) is 104 Å². The predicted molar refractivity (Wildman–Crippen MR) is 173 cm³/mol. The highest BCUT2D eigenvalue weighted by molar-refractivity contribution is 6.35. The van der Waals surface area contributed by atoms with E-state index in [2.05, 4.69) is 57.8 Å². The number of anilines is 2. The minimum Gasteiger partial charge on any atom is -0.383 e.